The molecule has 0 fully saturated rings. The Morgan fingerprint density at radius 1 is 1.20 bits per heavy atom. The second-order valence-corrected chi connectivity index (χ2v) is 12.4. The van der Waals surface area contributed by atoms with Gasteiger partial charge in [0.15, 0.2) is 5.13 Å². The molecule has 0 bridgehead atoms. The third-order valence-corrected chi connectivity index (χ3v) is 8.41. The molecule has 0 radical (unpaired) electrons. The summed E-state index contributed by atoms with van der Waals surface area (Å²) in [5.74, 6) is -0.0681. The fourth-order valence-electron chi connectivity index (χ4n) is 3.68. The first-order valence-electron chi connectivity index (χ1n) is 10.4. The zero-order valence-electron chi connectivity index (χ0n) is 19.2. The number of aromatic amines is 1. The van der Waals surface area contributed by atoms with Crippen molar-refractivity contribution in [1.29, 1.82) is 0 Å². The van der Waals surface area contributed by atoms with Gasteiger partial charge in [0.1, 0.15) is 0 Å². The van der Waals surface area contributed by atoms with Crippen molar-refractivity contribution in [2.75, 3.05) is 40.0 Å². The highest BCUT2D eigenvalue weighted by Gasteiger charge is 2.28. The van der Waals surface area contributed by atoms with Crippen molar-refractivity contribution >= 4 is 47.8 Å². The van der Waals surface area contributed by atoms with Crippen LogP contribution < -0.4 is 10.5 Å². The van der Waals surface area contributed by atoms with Gasteiger partial charge in [0.2, 0.25) is 15.8 Å². The van der Waals surface area contributed by atoms with Crippen molar-refractivity contribution in [2.45, 2.75) is 16.2 Å². The fraction of sp³-hybridized carbons (Fsp3) is 0.300. The largest absolute Gasteiger partial charge is 0.768 e. The molecule has 2 heterocycles. The van der Waals surface area contributed by atoms with Crippen LogP contribution in [0.2, 0.25) is 0 Å². The highest BCUT2D eigenvalue weighted by molar-refractivity contribution is 7.90. The van der Waals surface area contributed by atoms with Crippen molar-refractivity contribution in [1.82, 2.24) is 30.3 Å². The molecule has 2 aromatic heterocycles. The summed E-state index contributed by atoms with van der Waals surface area (Å²) in [5.41, 5.74) is 7.38. The zero-order valence-corrected chi connectivity index (χ0v) is 21.6. The van der Waals surface area contributed by atoms with Crippen molar-refractivity contribution in [3.8, 4) is 22.5 Å². The van der Waals surface area contributed by atoms with Gasteiger partial charge in [-0.2, -0.15) is 5.21 Å². The first-order valence-corrected chi connectivity index (χ1v) is 13.8. The van der Waals surface area contributed by atoms with Gasteiger partial charge in [-0.15, -0.1) is 10.2 Å². The molecule has 0 aliphatic heterocycles. The number of benzene rings is 2. The van der Waals surface area contributed by atoms with Gasteiger partial charge in [0.25, 0.3) is 0 Å². The number of hydrogen-bond acceptors (Lipinski definition) is 10. The Hall–Kier alpha value is -2.82. The summed E-state index contributed by atoms with van der Waals surface area (Å²) in [6.07, 6.45) is 0.571. The number of H-pyrrole nitrogens is 1. The predicted molar refractivity (Wildman–Crippen MR) is 133 cm³/mol. The summed E-state index contributed by atoms with van der Waals surface area (Å²) in [5, 5.41) is 14.1. The van der Waals surface area contributed by atoms with E-state index in [1.165, 1.54) is 23.5 Å². The van der Waals surface area contributed by atoms with Crippen molar-refractivity contribution in [3.63, 3.8) is 0 Å². The lowest BCUT2D eigenvalue weighted by Crippen LogP contribution is -2.37. The second kappa shape index (κ2) is 9.67. The van der Waals surface area contributed by atoms with Crippen molar-refractivity contribution in [2.24, 2.45) is 0 Å². The molecule has 0 spiro atoms. The minimum absolute atomic E-state index is 0.000359. The number of tetrazole rings is 1. The molecule has 15 heteroatoms. The number of thiazole rings is 1. The Balaban J connectivity index is 1.88. The number of sulfonamides is 1. The first-order chi connectivity index (χ1) is 16.5. The van der Waals surface area contributed by atoms with Crippen molar-refractivity contribution < 1.29 is 21.7 Å². The van der Waals surface area contributed by atoms with E-state index in [0.717, 1.165) is 11.2 Å². The van der Waals surface area contributed by atoms with Crippen molar-refractivity contribution in [3.05, 3.63) is 30.3 Å². The summed E-state index contributed by atoms with van der Waals surface area (Å²) in [7, 11) is 1.82. The highest BCUT2D eigenvalue weighted by atomic mass is 32.2. The number of aromatic nitrogens is 5. The predicted octanol–water partition coefficient (Wildman–Crippen LogP) is 1.34. The summed E-state index contributed by atoms with van der Waals surface area (Å²) in [4.78, 5) is 3.52. The van der Waals surface area contributed by atoms with Gasteiger partial charge in [-0.3, -0.25) is 4.21 Å². The molecule has 0 amide bonds. The topological polar surface area (TPSA) is 180 Å². The standard InChI is InChI=1S/C20H24N8O4S3/c1-28(2,3)11-5-10-22-35(31,32)15-9-8-12(13-6-4-7-14-17(13)23-20(21)33-14)16(18(15)34(29)30)19-24-26-27-25-19/h4,6-9,22H,5,10-11H2,1-3H3,(H3-,21,23,24,25,26,27,29,30). The number of anilines is 1. The normalized spacial score (nSPS) is 13.4. The Morgan fingerprint density at radius 3 is 2.63 bits per heavy atom. The third kappa shape index (κ3) is 5.39. The monoisotopic (exact) mass is 536 g/mol. The molecule has 12 nitrogen and oxygen atoms in total. The van der Waals surface area contributed by atoms with Gasteiger partial charge in [-0.05, 0) is 34.0 Å². The summed E-state index contributed by atoms with van der Waals surface area (Å²) in [6, 6.07) is 8.15. The van der Waals surface area contributed by atoms with E-state index in [1.807, 2.05) is 27.2 Å². The Labute approximate surface area is 208 Å². The van der Waals surface area contributed by atoms with Crippen LogP contribution in [0.5, 0.6) is 0 Å². The number of nitrogens with one attached hydrogen (secondary N) is 2. The maximum atomic E-state index is 13.2. The van der Waals surface area contributed by atoms with E-state index in [0.29, 0.717) is 32.7 Å². The number of nitrogens with zero attached hydrogens (tertiary/aromatic N) is 5. The van der Waals surface area contributed by atoms with Crippen LogP contribution >= 0.6 is 11.3 Å². The average Bonchev–Trinajstić information content (AvgIpc) is 3.43. The quantitative estimate of drug-likeness (QED) is 0.162. The summed E-state index contributed by atoms with van der Waals surface area (Å²) < 4.78 is 55.3. The lowest BCUT2D eigenvalue weighted by Gasteiger charge is -2.24. The van der Waals surface area contributed by atoms with E-state index in [9.17, 15) is 17.2 Å². The number of rotatable bonds is 9. The minimum Gasteiger partial charge on any atom is -0.768 e. The molecular formula is C20H24N8O4S3. The van der Waals surface area contributed by atoms with Crippen LogP contribution in [-0.4, -0.2) is 81.5 Å². The molecule has 1 atom stereocenters. The molecule has 4 aromatic rings. The molecule has 0 aliphatic rings. The molecule has 0 saturated heterocycles. The average molecular weight is 537 g/mol. The molecule has 1 unspecified atom stereocenters. The number of hydrogen-bond donors (Lipinski definition) is 3. The Bertz CT molecular complexity index is 1490. The summed E-state index contributed by atoms with van der Waals surface area (Å²) in [6.45, 7) is 0.885. The maximum Gasteiger partial charge on any atom is 0.241 e. The first kappa shape index (κ1) is 25.3. The van der Waals surface area contributed by atoms with Gasteiger partial charge < -0.3 is 14.8 Å². The smallest absolute Gasteiger partial charge is 0.241 e. The van der Waals surface area contributed by atoms with Crippen LogP contribution in [-0.2, 0) is 21.1 Å². The number of fused-ring (bicyclic) bond motifs is 1. The van der Waals surface area contributed by atoms with E-state index >= 15 is 0 Å². The zero-order chi connectivity index (χ0) is 25.4. The molecule has 0 saturated carbocycles. The SMILES string of the molecule is C[N+](C)(C)CCCNS(=O)(=O)c1ccc(-c2cccc3sc(N)nc23)c(-c2nn[nH]n2)c1S(=O)[O-]. The number of nitrogens with two attached hydrogens (primary N) is 1. The van der Waals surface area contributed by atoms with Gasteiger partial charge in [0.05, 0.1) is 47.7 Å². The highest BCUT2D eigenvalue weighted by Crippen LogP contribution is 2.41. The lowest BCUT2D eigenvalue weighted by atomic mass is 9.98. The molecular weight excluding hydrogens is 512 g/mol. The van der Waals surface area contributed by atoms with Gasteiger partial charge in [-0.25, -0.2) is 18.1 Å². The van der Waals surface area contributed by atoms with E-state index in [4.69, 9.17) is 5.73 Å². The van der Waals surface area contributed by atoms with Crippen LogP contribution in [0.4, 0.5) is 5.13 Å². The van der Waals surface area contributed by atoms with Crippen LogP contribution in [0, 0.1) is 0 Å². The van der Waals surface area contributed by atoms with E-state index < -0.39 is 30.9 Å². The number of nitrogen functional groups attached to an aromatic ring is 1. The summed E-state index contributed by atoms with van der Waals surface area (Å²) >= 11 is -1.67. The van der Waals surface area contributed by atoms with Gasteiger partial charge in [-0.1, -0.05) is 29.5 Å². The molecule has 0 aliphatic carbocycles. The Kier molecular flexibility index (Phi) is 6.99. The molecule has 2 aromatic carbocycles. The van der Waals surface area contributed by atoms with E-state index in [1.54, 1.807) is 12.1 Å². The van der Waals surface area contributed by atoms with Crippen LogP contribution in [0.15, 0.2) is 40.1 Å². The second-order valence-electron chi connectivity index (χ2n) is 8.76. The van der Waals surface area contributed by atoms with Crippen LogP contribution in [0.25, 0.3) is 32.7 Å². The van der Waals surface area contributed by atoms with E-state index in [-0.39, 0.29) is 17.9 Å². The van der Waals surface area contributed by atoms with Crippen LogP contribution in [0.3, 0.4) is 0 Å². The molecule has 4 N–H and O–H groups in total. The third-order valence-electron chi connectivity index (χ3n) is 5.17. The Morgan fingerprint density at radius 2 is 1.97 bits per heavy atom. The van der Waals surface area contributed by atoms with Crippen LogP contribution in [0.1, 0.15) is 6.42 Å². The molecule has 35 heavy (non-hydrogen) atoms. The minimum atomic E-state index is -4.17. The number of para-hydroxylation sites is 1. The molecule has 186 valence electrons. The lowest BCUT2D eigenvalue weighted by molar-refractivity contribution is -0.870. The van der Waals surface area contributed by atoms with Gasteiger partial charge >= 0.3 is 0 Å². The maximum absolute atomic E-state index is 13.2. The van der Waals surface area contributed by atoms with Gasteiger partial charge in [0, 0.05) is 24.1 Å². The molecule has 4 rings (SSSR count). The number of quaternary nitrogens is 1. The van der Waals surface area contributed by atoms with E-state index in [2.05, 4.69) is 30.3 Å². The fourth-order valence-corrected chi connectivity index (χ4v) is 6.73.